The SMILES string of the molecule is CCN(CCc1ccc2c(-c3ccccc3)nnc(CC(=O)N(C(C)C)C(C)C)c2c1)C(=O)Cc1nnc(-c2ccccc2)c2ccccc12. The van der Waals surface area contributed by atoms with Crippen LogP contribution in [-0.2, 0) is 28.9 Å². The molecule has 8 nitrogen and oxygen atoms in total. The zero-order valence-electron chi connectivity index (χ0n) is 29.5. The number of aromatic nitrogens is 4. The predicted molar refractivity (Wildman–Crippen MR) is 200 cm³/mol. The molecule has 0 radical (unpaired) electrons. The minimum Gasteiger partial charge on any atom is -0.342 e. The highest BCUT2D eigenvalue weighted by Gasteiger charge is 2.23. The first kappa shape index (κ1) is 34.4. The van der Waals surface area contributed by atoms with Crippen LogP contribution in [0, 0.1) is 0 Å². The van der Waals surface area contributed by atoms with Crippen molar-refractivity contribution in [3.63, 3.8) is 0 Å². The molecule has 6 aromatic rings. The van der Waals surface area contributed by atoms with Crippen molar-refractivity contribution in [2.75, 3.05) is 13.1 Å². The van der Waals surface area contributed by atoms with Gasteiger partial charge in [0.05, 0.1) is 24.2 Å². The lowest BCUT2D eigenvalue weighted by Gasteiger charge is -2.30. The van der Waals surface area contributed by atoms with Crippen molar-refractivity contribution >= 4 is 33.4 Å². The van der Waals surface area contributed by atoms with Crippen molar-refractivity contribution in [3.8, 4) is 22.5 Å². The van der Waals surface area contributed by atoms with Gasteiger partial charge in [-0.3, -0.25) is 9.59 Å². The average Bonchev–Trinajstić information content (AvgIpc) is 3.12. The second-order valence-electron chi connectivity index (χ2n) is 13.2. The summed E-state index contributed by atoms with van der Waals surface area (Å²) in [5.74, 6) is 0.0322. The van der Waals surface area contributed by atoms with E-state index in [-0.39, 0.29) is 36.7 Å². The van der Waals surface area contributed by atoms with Crippen LogP contribution in [-0.4, -0.2) is 67.2 Å². The Morgan fingerprint density at radius 2 is 1.08 bits per heavy atom. The first-order chi connectivity index (χ1) is 24.2. The lowest BCUT2D eigenvalue weighted by atomic mass is 9.98. The van der Waals surface area contributed by atoms with E-state index in [9.17, 15) is 9.59 Å². The van der Waals surface area contributed by atoms with E-state index in [1.54, 1.807) is 0 Å². The van der Waals surface area contributed by atoms with Crippen LogP contribution in [0.25, 0.3) is 44.1 Å². The van der Waals surface area contributed by atoms with Gasteiger partial charge in [-0.2, -0.15) is 10.2 Å². The molecule has 0 saturated carbocycles. The Kier molecular flexibility index (Phi) is 10.6. The van der Waals surface area contributed by atoms with E-state index in [0.29, 0.717) is 30.9 Å². The highest BCUT2D eigenvalue weighted by Crippen LogP contribution is 2.30. The van der Waals surface area contributed by atoms with Crippen molar-refractivity contribution in [1.29, 1.82) is 0 Å². The molecular weight excluding hydrogens is 621 g/mol. The Morgan fingerprint density at radius 3 is 1.64 bits per heavy atom. The molecule has 0 aliphatic carbocycles. The molecule has 2 amide bonds. The summed E-state index contributed by atoms with van der Waals surface area (Å²) in [5.41, 5.74) is 5.95. The average molecular weight is 665 g/mol. The molecule has 4 aromatic carbocycles. The number of amides is 2. The van der Waals surface area contributed by atoms with Gasteiger partial charge in [0.25, 0.3) is 0 Å². The molecule has 2 aromatic heterocycles. The molecule has 254 valence electrons. The highest BCUT2D eigenvalue weighted by atomic mass is 16.2. The van der Waals surface area contributed by atoms with Crippen LogP contribution in [0.2, 0.25) is 0 Å². The van der Waals surface area contributed by atoms with Crippen molar-refractivity contribution in [2.45, 2.75) is 66.0 Å². The minimum absolute atomic E-state index is 0.00572. The first-order valence-electron chi connectivity index (χ1n) is 17.5. The van der Waals surface area contributed by atoms with Crippen LogP contribution >= 0.6 is 0 Å². The molecule has 0 bridgehead atoms. The molecule has 0 N–H and O–H groups in total. The maximum atomic E-state index is 13.7. The molecule has 0 atom stereocenters. The second-order valence-corrected chi connectivity index (χ2v) is 13.2. The van der Waals surface area contributed by atoms with E-state index in [2.05, 4.69) is 38.6 Å². The van der Waals surface area contributed by atoms with E-state index < -0.39 is 0 Å². The largest absolute Gasteiger partial charge is 0.342 e. The molecule has 6 rings (SSSR count). The fourth-order valence-corrected chi connectivity index (χ4v) is 6.83. The van der Waals surface area contributed by atoms with Gasteiger partial charge in [0, 0.05) is 57.8 Å². The maximum absolute atomic E-state index is 13.7. The normalized spacial score (nSPS) is 11.4. The quantitative estimate of drug-likeness (QED) is 0.133. The van der Waals surface area contributed by atoms with E-state index in [4.69, 9.17) is 0 Å². The van der Waals surface area contributed by atoms with Gasteiger partial charge < -0.3 is 9.80 Å². The molecule has 50 heavy (non-hydrogen) atoms. The van der Waals surface area contributed by atoms with Crippen LogP contribution in [0.3, 0.4) is 0 Å². The fraction of sp³-hybridized carbons (Fsp3) is 0.286. The number of carbonyl (C=O) groups excluding carboxylic acids is 2. The number of carbonyl (C=O) groups is 2. The molecule has 0 spiro atoms. The molecule has 0 unspecified atom stereocenters. The van der Waals surface area contributed by atoms with Gasteiger partial charge in [-0.1, -0.05) is 97.1 Å². The molecule has 8 heteroatoms. The minimum atomic E-state index is 0.00572. The number of hydrogen-bond acceptors (Lipinski definition) is 6. The summed E-state index contributed by atoms with van der Waals surface area (Å²) < 4.78 is 0. The van der Waals surface area contributed by atoms with Crippen molar-refractivity contribution < 1.29 is 9.59 Å². The standard InChI is InChI=1S/C42H44N6O2/c1-6-47(39(49)26-37-33-19-13-14-20-34(33)41(45-43-37)31-15-9-7-10-16-31)24-23-30-21-22-35-36(25-30)38(27-40(50)48(28(2)3)29(4)5)44-46-42(35)32-17-11-8-12-18-32/h7-22,25,28-29H,6,23-24,26-27H2,1-5H3. The number of benzene rings is 4. The smallest absolute Gasteiger partial charge is 0.229 e. The summed E-state index contributed by atoms with van der Waals surface area (Å²) in [6.45, 7) is 11.3. The van der Waals surface area contributed by atoms with E-state index >= 15 is 0 Å². The summed E-state index contributed by atoms with van der Waals surface area (Å²) in [4.78, 5) is 31.0. The van der Waals surface area contributed by atoms with Crippen LogP contribution in [0.1, 0.15) is 51.6 Å². The van der Waals surface area contributed by atoms with Gasteiger partial charge >= 0.3 is 0 Å². The third-order valence-electron chi connectivity index (χ3n) is 9.22. The Morgan fingerprint density at radius 1 is 0.580 bits per heavy atom. The molecule has 0 aliphatic heterocycles. The third kappa shape index (κ3) is 7.39. The predicted octanol–water partition coefficient (Wildman–Crippen LogP) is 7.73. The van der Waals surface area contributed by atoms with Crippen molar-refractivity contribution in [1.82, 2.24) is 30.2 Å². The summed E-state index contributed by atoms with van der Waals surface area (Å²) in [7, 11) is 0. The van der Waals surface area contributed by atoms with Gasteiger partial charge in [0.2, 0.25) is 11.8 Å². The topological polar surface area (TPSA) is 92.2 Å². The highest BCUT2D eigenvalue weighted by molar-refractivity contribution is 5.98. The number of likely N-dealkylation sites (N-methyl/N-ethyl adjacent to an activating group) is 1. The number of hydrogen-bond donors (Lipinski definition) is 0. The first-order valence-corrected chi connectivity index (χ1v) is 17.5. The van der Waals surface area contributed by atoms with Gasteiger partial charge in [-0.25, -0.2) is 0 Å². The fourth-order valence-electron chi connectivity index (χ4n) is 6.83. The Balaban J connectivity index is 1.25. The van der Waals surface area contributed by atoms with Gasteiger partial charge in [0.1, 0.15) is 11.4 Å². The Labute approximate surface area is 294 Å². The number of rotatable bonds is 12. The monoisotopic (exact) mass is 664 g/mol. The van der Waals surface area contributed by atoms with Crippen LogP contribution in [0.15, 0.2) is 103 Å². The van der Waals surface area contributed by atoms with E-state index in [0.717, 1.165) is 49.6 Å². The lowest BCUT2D eigenvalue weighted by molar-refractivity contribution is -0.134. The van der Waals surface area contributed by atoms with Crippen LogP contribution in [0.5, 0.6) is 0 Å². The van der Waals surface area contributed by atoms with Gasteiger partial charge in [-0.05, 0) is 52.7 Å². The lowest BCUT2D eigenvalue weighted by Crippen LogP contribution is -2.43. The molecule has 2 heterocycles. The molecule has 0 fully saturated rings. The summed E-state index contributed by atoms with van der Waals surface area (Å²) in [6.07, 6.45) is 0.976. The molecular formula is C42H44N6O2. The number of nitrogens with zero attached hydrogens (tertiary/aromatic N) is 6. The van der Waals surface area contributed by atoms with E-state index in [1.807, 2.05) is 129 Å². The maximum Gasteiger partial charge on any atom is 0.229 e. The van der Waals surface area contributed by atoms with Gasteiger partial charge in [0.15, 0.2) is 0 Å². The van der Waals surface area contributed by atoms with Gasteiger partial charge in [-0.15, -0.1) is 10.2 Å². The van der Waals surface area contributed by atoms with Crippen LogP contribution < -0.4 is 0 Å². The third-order valence-corrected chi connectivity index (χ3v) is 9.22. The van der Waals surface area contributed by atoms with Crippen molar-refractivity contribution in [2.24, 2.45) is 0 Å². The summed E-state index contributed by atoms with van der Waals surface area (Å²) in [5, 5.41) is 22.1. The zero-order valence-corrected chi connectivity index (χ0v) is 29.5. The molecule has 0 saturated heterocycles. The summed E-state index contributed by atoms with van der Waals surface area (Å²) >= 11 is 0. The zero-order chi connectivity index (χ0) is 35.2. The molecule has 0 aliphatic rings. The van der Waals surface area contributed by atoms with Crippen molar-refractivity contribution in [3.05, 3.63) is 120 Å². The Hall–Kier alpha value is -5.50. The Bertz CT molecular complexity index is 2110. The van der Waals surface area contributed by atoms with Crippen LogP contribution in [0.4, 0.5) is 0 Å². The summed E-state index contributed by atoms with van der Waals surface area (Å²) in [6, 6.07) is 34.4. The number of fused-ring (bicyclic) bond motifs is 2. The second kappa shape index (κ2) is 15.4. The van der Waals surface area contributed by atoms with E-state index in [1.165, 1.54) is 0 Å².